The Hall–Kier alpha value is -0.300. The van der Waals surface area contributed by atoms with Crippen LogP contribution in [0.25, 0.3) is 0 Å². The van der Waals surface area contributed by atoms with Crippen molar-refractivity contribution in [2.24, 2.45) is 0 Å². The van der Waals surface area contributed by atoms with Crippen molar-refractivity contribution in [1.29, 1.82) is 0 Å². The van der Waals surface area contributed by atoms with E-state index < -0.39 is 6.16 Å². The Labute approximate surface area is 197 Å². The molecule has 0 N–H and O–H groups in total. The van der Waals surface area contributed by atoms with Gasteiger partial charge in [0.05, 0.1) is 6.61 Å². The maximum absolute atomic E-state index is 9.27. The van der Waals surface area contributed by atoms with Crippen molar-refractivity contribution in [1.82, 2.24) is 0 Å². The summed E-state index contributed by atoms with van der Waals surface area (Å²) in [7, 11) is 0.366. The predicted octanol–water partition coefficient (Wildman–Crippen LogP) is 10.1. The third-order valence-electron chi connectivity index (χ3n) is 5.75. The zero-order valence-electron chi connectivity index (χ0n) is 21.7. The number of rotatable bonds is 22. The lowest BCUT2D eigenvalue weighted by Gasteiger charge is -2.18. The lowest BCUT2D eigenvalue weighted by molar-refractivity contribution is 0.0722. The molecule has 0 spiro atoms. The predicted molar refractivity (Wildman–Crippen MR) is 139 cm³/mol. The maximum atomic E-state index is 9.27. The quantitative estimate of drug-likeness (QED) is 0.0918. The smallest absolute Gasteiger partial charge is 0.432 e. The second-order valence-electron chi connectivity index (χ2n) is 8.83. The molecule has 0 aliphatic carbocycles. The average Bonchev–Trinajstić information content (AvgIpc) is 2.75. The Balaban J connectivity index is 0. The monoisotopic (exact) mass is 459 g/mol. The third kappa shape index (κ3) is 32.0. The van der Waals surface area contributed by atoms with Crippen LogP contribution >= 0.6 is 7.92 Å². The van der Waals surface area contributed by atoms with E-state index in [4.69, 9.17) is 0 Å². The minimum Gasteiger partial charge on any atom is -0.432 e. The highest BCUT2D eigenvalue weighted by atomic mass is 31.1. The van der Waals surface area contributed by atoms with Crippen molar-refractivity contribution in [3.8, 4) is 0 Å². The van der Waals surface area contributed by atoms with Gasteiger partial charge in [0, 0.05) is 0 Å². The molecule has 0 fully saturated rings. The van der Waals surface area contributed by atoms with Crippen LogP contribution in [-0.4, -0.2) is 31.2 Å². The maximum Gasteiger partial charge on any atom is 0.549 e. The van der Waals surface area contributed by atoms with E-state index in [1.807, 2.05) is 0 Å². The summed E-state index contributed by atoms with van der Waals surface area (Å²) in [5.41, 5.74) is 0. The molecule has 31 heavy (non-hydrogen) atoms. The fourth-order valence-electron chi connectivity index (χ4n) is 3.80. The van der Waals surface area contributed by atoms with Crippen LogP contribution in [0.5, 0.6) is 0 Å². The molecule has 4 heteroatoms. The van der Waals surface area contributed by atoms with E-state index in [-0.39, 0.29) is 6.61 Å². The zero-order valence-corrected chi connectivity index (χ0v) is 22.6. The number of unbranched alkanes of at least 4 members (excludes halogenated alkanes) is 15. The first-order chi connectivity index (χ1) is 15.1. The Morgan fingerprint density at radius 2 is 0.806 bits per heavy atom. The van der Waals surface area contributed by atoms with E-state index in [0.29, 0.717) is 7.92 Å². The van der Waals surface area contributed by atoms with Crippen LogP contribution in [0.2, 0.25) is 0 Å². The van der Waals surface area contributed by atoms with E-state index in [9.17, 15) is 9.90 Å². The largest absolute Gasteiger partial charge is 0.549 e. The van der Waals surface area contributed by atoms with E-state index in [2.05, 4.69) is 25.5 Å². The first-order valence-corrected chi connectivity index (χ1v) is 15.6. The van der Waals surface area contributed by atoms with Gasteiger partial charge in [-0.05, 0) is 44.7 Å². The first-order valence-electron chi connectivity index (χ1n) is 13.7. The molecule has 0 unspecified atom stereocenters. The Kier molecular flexibility index (Phi) is 31.5. The SMILES string of the molecule is CCCCCCCCP(CCCCCCCC)CCCCCCCC.CCOC([O])=O. The van der Waals surface area contributed by atoms with Crippen LogP contribution in [0.4, 0.5) is 4.79 Å². The number of carbonyl (C=O) groups is 1. The fourth-order valence-corrected chi connectivity index (χ4v) is 6.48. The molecule has 187 valence electrons. The molecule has 0 saturated carbocycles. The van der Waals surface area contributed by atoms with Crippen LogP contribution < -0.4 is 0 Å². The molecule has 0 aromatic heterocycles. The Morgan fingerprint density at radius 1 is 0.516 bits per heavy atom. The molecule has 3 nitrogen and oxygen atoms in total. The highest BCUT2D eigenvalue weighted by molar-refractivity contribution is 7.57. The molecule has 0 saturated heterocycles. The van der Waals surface area contributed by atoms with Gasteiger partial charge >= 0.3 is 6.16 Å². The highest BCUT2D eigenvalue weighted by Gasteiger charge is 2.07. The van der Waals surface area contributed by atoms with Gasteiger partial charge in [0.25, 0.3) is 0 Å². The summed E-state index contributed by atoms with van der Waals surface area (Å²) in [6.07, 6.45) is 29.8. The standard InChI is InChI=1S/C24H51P.C3H5O3/c1-4-7-10-13-16-19-22-25(23-20-17-14-11-8-5-2)24-21-18-15-12-9-6-3;1-2-6-3(4)5/h4-24H2,1-3H3;2H2,1H3. The Bertz CT molecular complexity index is 298. The zero-order chi connectivity index (χ0) is 23.4. The van der Waals surface area contributed by atoms with Gasteiger partial charge < -0.3 is 4.74 Å². The summed E-state index contributed by atoms with van der Waals surface area (Å²) in [4.78, 5) is 9.27. The second kappa shape index (κ2) is 29.7. The molecule has 0 aliphatic rings. The number of hydrogen-bond donors (Lipinski definition) is 0. The molecule has 0 rings (SSSR count). The fraction of sp³-hybridized carbons (Fsp3) is 0.963. The van der Waals surface area contributed by atoms with E-state index >= 15 is 0 Å². The number of ether oxygens (including phenoxy) is 1. The summed E-state index contributed by atoms with van der Waals surface area (Å²) in [6, 6.07) is 0. The summed E-state index contributed by atoms with van der Waals surface area (Å²) in [5.74, 6) is 0. The lowest BCUT2D eigenvalue weighted by Crippen LogP contribution is -1.97. The van der Waals surface area contributed by atoms with E-state index in [1.54, 1.807) is 25.4 Å². The molecule has 0 aromatic carbocycles. The average molecular weight is 460 g/mol. The lowest BCUT2D eigenvalue weighted by atomic mass is 10.1. The van der Waals surface area contributed by atoms with Gasteiger partial charge in [0.2, 0.25) is 0 Å². The van der Waals surface area contributed by atoms with Crippen LogP contribution in [0.1, 0.15) is 143 Å². The van der Waals surface area contributed by atoms with Crippen molar-refractivity contribution >= 4 is 14.1 Å². The summed E-state index contributed by atoms with van der Waals surface area (Å²) in [6.45, 7) is 8.71. The minimum atomic E-state index is -1.46. The van der Waals surface area contributed by atoms with Crippen LogP contribution in [-0.2, 0) is 9.84 Å². The molecule has 0 aliphatic heterocycles. The summed E-state index contributed by atoms with van der Waals surface area (Å²) < 4.78 is 3.85. The molecular weight excluding hydrogens is 403 g/mol. The molecule has 0 aromatic rings. The van der Waals surface area contributed by atoms with Gasteiger partial charge in [-0.25, -0.2) is 0 Å². The van der Waals surface area contributed by atoms with E-state index in [0.717, 1.165) is 0 Å². The molecule has 0 amide bonds. The number of hydrogen-bond acceptors (Lipinski definition) is 2. The summed E-state index contributed by atoms with van der Waals surface area (Å²) in [5, 5.41) is 9.27. The van der Waals surface area contributed by atoms with Gasteiger partial charge in [-0.1, -0.05) is 117 Å². The van der Waals surface area contributed by atoms with Crippen LogP contribution in [0.3, 0.4) is 0 Å². The third-order valence-corrected chi connectivity index (χ3v) is 8.59. The molecular formula is C27H56O3P. The van der Waals surface area contributed by atoms with Crippen LogP contribution in [0, 0.1) is 0 Å². The molecule has 0 heterocycles. The molecule has 0 atom stereocenters. The van der Waals surface area contributed by atoms with Gasteiger partial charge in [0.1, 0.15) is 0 Å². The number of carbonyl (C=O) groups excluding carboxylic acids is 1. The van der Waals surface area contributed by atoms with Crippen molar-refractivity contribution in [3.05, 3.63) is 0 Å². The first kappa shape index (κ1) is 32.9. The van der Waals surface area contributed by atoms with Crippen LogP contribution in [0.15, 0.2) is 0 Å². The molecule has 1 radical (unpaired) electrons. The molecule has 0 bridgehead atoms. The van der Waals surface area contributed by atoms with Crippen molar-refractivity contribution in [2.75, 3.05) is 25.1 Å². The Morgan fingerprint density at radius 3 is 1.03 bits per heavy atom. The normalized spacial score (nSPS) is 10.7. The van der Waals surface area contributed by atoms with Crippen molar-refractivity contribution < 1.29 is 14.6 Å². The van der Waals surface area contributed by atoms with Gasteiger partial charge in [-0.3, -0.25) is 0 Å². The topological polar surface area (TPSA) is 46.2 Å². The second-order valence-corrected chi connectivity index (χ2v) is 11.5. The highest BCUT2D eigenvalue weighted by Crippen LogP contribution is 2.39. The van der Waals surface area contributed by atoms with Gasteiger partial charge in [0.15, 0.2) is 0 Å². The van der Waals surface area contributed by atoms with Gasteiger partial charge in [-0.15, -0.1) is 7.92 Å². The van der Waals surface area contributed by atoms with E-state index in [1.165, 1.54) is 116 Å². The van der Waals surface area contributed by atoms with Crippen molar-refractivity contribution in [3.63, 3.8) is 0 Å². The summed E-state index contributed by atoms with van der Waals surface area (Å²) >= 11 is 0. The minimum absolute atomic E-state index is 0.169. The van der Waals surface area contributed by atoms with Gasteiger partial charge in [-0.2, -0.15) is 9.90 Å². The van der Waals surface area contributed by atoms with Crippen molar-refractivity contribution in [2.45, 2.75) is 143 Å².